The smallest absolute Gasteiger partial charge is 0.263 e. The lowest BCUT2D eigenvalue weighted by molar-refractivity contribution is -0.641. The highest BCUT2D eigenvalue weighted by molar-refractivity contribution is 7.19. The molecule has 1 N–H and O–H groups in total. The minimum atomic E-state index is 0.228. The summed E-state index contributed by atoms with van der Waals surface area (Å²) < 4.78 is 3.62. The quantitative estimate of drug-likeness (QED) is 0.663. The van der Waals surface area contributed by atoms with Gasteiger partial charge >= 0.3 is 0 Å². The molecule has 0 spiro atoms. The largest absolute Gasteiger partial charge is 0.396 e. The van der Waals surface area contributed by atoms with E-state index in [0.717, 1.165) is 13.0 Å². The summed E-state index contributed by atoms with van der Waals surface area (Å²) in [7, 11) is 2.15. The van der Waals surface area contributed by atoms with Crippen LogP contribution in [0.4, 0.5) is 0 Å². The van der Waals surface area contributed by atoms with Crippen molar-refractivity contribution >= 4 is 38.4 Å². The molecular formula is C23H25N2OS+. The van der Waals surface area contributed by atoms with Gasteiger partial charge in [-0.3, -0.25) is 0 Å². The lowest BCUT2D eigenvalue weighted by Gasteiger charge is -2.29. The van der Waals surface area contributed by atoms with Gasteiger partial charge in [0.05, 0.1) is 5.39 Å². The van der Waals surface area contributed by atoms with Gasteiger partial charge in [-0.2, -0.15) is 4.57 Å². The first-order chi connectivity index (χ1) is 13.1. The van der Waals surface area contributed by atoms with E-state index in [4.69, 9.17) is 5.11 Å². The average molecular weight is 378 g/mol. The number of fused-ring (bicyclic) bond motifs is 3. The van der Waals surface area contributed by atoms with Crippen LogP contribution in [0.15, 0.2) is 65.5 Å². The van der Waals surface area contributed by atoms with Crippen LogP contribution in [-0.2, 0) is 7.05 Å². The van der Waals surface area contributed by atoms with E-state index in [2.05, 4.69) is 85.0 Å². The van der Waals surface area contributed by atoms with E-state index >= 15 is 0 Å². The molecule has 0 fully saturated rings. The van der Waals surface area contributed by atoms with E-state index < -0.39 is 0 Å². The molecule has 0 unspecified atom stereocenters. The molecule has 0 radical (unpaired) electrons. The molecule has 2 aromatic carbocycles. The SMILES string of the molecule is CC1=CC(=Cc2sc3ccc4ccccc4c3[n+]2C)C=C(C)N1CCCO. The normalized spacial score (nSPS) is 14.7. The number of aliphatic hydroxyl groups excluding tert-OH is 1. The number of benzene rings is 2. The predicted molar refractivity (Wildman–Crippen MR) is 114 cm³/mol. The van der Waals surface area contributed by atoms with Gasteiger partial charge in [0.25, 0.3) is 5.01 Å². The molecule has 3 aromatic rings. The van der Waals surface area contributed by atoms with Crippen molar-refractivity contribution in [3.63, 3.8) is 0 Å². The first kappa shape index (κ1) is 18.0. The topological polar surface area (TPSA) is 27.4 Å². The van der Waals surface area contributed by atoms with Gasteiger partial charge in [0.15, 0.2) is 0 Å². The summed E-state index contributed by atoms with van der Waals surface area (Å²) in [6.07, 6.45) is 7.52. The van der Waals surface area contributed by atoms with Gasteiger partial charge in [0.1, 0.15) is 11.7 Å². The Balaban J connectivity index is 1.76. The van der Waals surface area contributed by atoms with Crippen LogP contribution in [0.1, 0.15) is 25.3 Å². The third-order valence-electron chi connectivity index (χ3n) is 5.18. The van der Waals surface area contributed by atoms with E-state index in [9.17, 15) is 0 Å². The van der Waals surface area contributed by atoms with E-state index in [1.54, 1.807) is 0 Å². The molecule has 0 atom stereocenters. The lowest BCUT2D eigenvalue weighted by Crippen LogP contribution is -2.29. The summed E-state index contributed by atoms with van der Waals surface area (Å²) in [6, 6.07) is 13.0. The Hall–Kier alpha value is -2.43. The molecule has 0 saturated carbocycles. The van der Waals surface area contributed by atoms with Gasteiger partial charge < -0.3 is 10.0 Å². The minimum Gasteiger partial charge on any atom is -0.396 e. The van der Waals surface area contributed by atoms with Crippen molar-refractivity contribution in [3.8, 4) is 0 Å². The molecular weight excluding hydrogens is 352 g/mol. The number of nitrogens with zero attached hydrogens (tertiary/aromatic N) is 2. The number of hydrogen-bond acceptors (Lipinski definition) is 3. The number of rotatable bonds is 4. The molecule has 0 bridgehead atoms. The highest BCUT2D eigenvalue weighted by atomic mass is 32.1. The van der Waals surface area contributed by atoms with Crippen LogP contribution in [0.5, 0.6) is 0 Å². The Labute approximate surface area is 164 Å². The zero-order valence-electron chi connectivity index (χ0n) is 16.1. The highest BCUT2D eigenvalue weighted by Gasteiger charge is 2.19. The standard InChI is InChI=1S/C23H25N2OS/c1-16-13-18(14-17(2)25(16)11-6-12-26)15-22-24(3)23-20-8-5-4-7-19(20)9-10-21(23)27-22/h4-5,7-10,13-15,26H,6,11-12H2,1-3H3/q+1. The fraction of sp³-hybridized carbons (Fsp3) is 0.261. The Morgan fingerprint density at radius 3 is 2.56 bits per heavy atom. The van der Waals surface area contributed by atoms with Gasteiger partial charge in [0.2, 0.25) is 5.52 Å². The average Bonchev–Trinajstić information content (AvgIpc) is 2.97. The van der Waals surface area contributed by atoms with Crippen molar-refractivity contribution in [2.75, 3.05) is 13.2 Å². The molecule has 138 valence electrons. The maximum atomic E-state index is 9.11. The lowest BCUT2D eigenvalue weighted by atomic mass is 10.1. The third kappa shape index (κ3) is 3.31. The van der Waals surface area contributed by atoms with E-state index in [-0.39, 0.29) is 6.61 Å². The second-order valence-electron chi connectivity index (χ2n) is 7.08. The maximum Gasteiger partial charge on any atom is 0.263 e. The Bertz CT molecular complexity index is 1080. The van der Waals surface area contributed by atoms with Crippen molar-refractivity contribution in [1.29, 1.82) is 0 Å². The molecule has 1 aliphatic heterocycles. The molecule has 4 heteroatoms. The fourth-order valence-corrected chi connectivity index (χ4v) is 4.97. The molecule has 0 aliphatic carbocycles. The minimum absolute atomic E-state index is 0.228. The van der Waals surface area contributed by atoms with Crippen LogP contribution >= 0.6 is 11.3 Å². The van der Waals surface area contributed by atoms with Crippen LogP contribution in [0.3, 0.4) is 0 Å². The van der Waals surface area contributed by atoms with Gasteiger partial charge in [0, 0.05) is 30.6 Å². The van der Waals surface area contributed by atoms with Crippen molar-refractivity contribution in [2.24, 2.45) is 7.05 Å². The summed E-state index contributed by atoms with van der Waals surface area (Å²) in [6.45, 7) is 5.36. The monoisotopic (exact) mass is 377 g/mol. The summed E-state index contributed by atoms with van der Waals surface area (Å²) in [5.41, 5.74) is 4.97. The number of thiazole rings is 1. The van der Waals surface area contributed by atoms with Crippen molar-refractivity contribution in [1.82, 2.24) is 4.90 Å². The molecule has 0 saturated heterocycles. The molecule has 2 heterocycles. The summed E-state index contributed by atoms with van der Waals surface area (Å²) in [4.78, 5) is 2.27. The van der Waals surface area contributed by atoms with Gasteiger partial charge in [-0.25, -0.2) is 0 Å². The first-order valence-electron chi connectivity index (χ1n) is 9.35. The van der Waals surface area contributed by atoms with Gasteiger partial charge in [-0.05, 0) is 55.5 Å². The van der Waals surface area contributed by atoms with Gasteiger partial charge in [-0.1, -0.05) is 35.6 Å². The van der Waals surface area contributed by atoms with Crippen molar-refractivity contribution in [2.45, 2.75) is 20.3 Å². The molecule has 3 nitrogen and oxygen atoms in total. The molecule has 4 rings (SSSR count). The van der Waals surface area contributed by atoms with Crippen LogP contribution in [-0.4, -0.2) is 23.2 Å². The second kappa shape index (κ2) is 7.29. The summed E-state index contributed by atoms with van der Waals surface area (Å²) >= 11 is 1.83. The zero-order valence-corrected chi connectivity index (χ0v) is 16.9. The maximum absolute atomic E-state index is 9.11. The third-order valence-corrected chi connectivity index (χ3v) is 6.33. The fourth-order valence-electron chi connectivity index (χ4n) is 3.85. The highest BCUT2D eigenvalue weighted by Crippen LogP contribution is 2.30. The van der Waals surface area contributed by atoms with Crippen LogP contribution in [0.2, 0.25) is 0 Å². The summed E-state index contributed by atoms with van der Waals surface area (Å²) in [5, 5.41) is 12.9. The van der Waals surface area contributed by atoms with Crippen molar-refractivity contribution < 1.29 is 9.67 Å². The zero-order chi connectivity index (χ0) is 19.0. The second-order valence-corrected chi connectivity index (χ2v) is 8.14. The Kier molecular flexibility index (Phi) is 4.85. The number of aromatic nitrogens is 1. The molecule has 27 heavy (non-hydrogen) atoms. The Morgan fingerprint density at radius 1 is 1.07 bits per heavy atom. The van der Waals surface area contributed by atoms with E-state index in [0.29, 0.717) is 0 Å². The van der Waals surface area contributed by atoms with Crippen molar-refractivity contribution in [3.05, 3.63) is 70.5 Å². The number of aliphatic hydroxyl groups is 1. The number of hydrogen-bond donors (Lipinski definition) is 1. The van der Waals surface area contributed by atoms with Crippen LogP contribution in [0.25, 0.3) is 27.1 Å². The first-order valence-corrected chi connectivity index (χ1v) is 10.2. The number of aryl methyl sites for hydroxylation is 1. The molecule has 0 amide bonds. The number of allylic oxidation sites excluding steroid dienone is 5. The Morgan fingerprint density at radius 2 is 1.81 bits per heavy atom. The molecule has 1 aromatic heterocycles. The van der Waals surface area contributed by atoms with E-state index in [1.165, 1.54) is 43.0 Å². The predicted octanol–water partition coefficient (Wildman–Crippen LogP) is 4.77. The van der Waals surface area contributed by atoms with Crippen LogP contribution < -0.4 is 4.57 Å². The van der Waals surface area contributed by atoms with Gasteiger partial charge in [-0.15, -0.1) is 0 Å². The molecule has 1 aliphatic rings. The van der Waals surface area contributed by atoms with Crippen LogP contribution in [0, 0.1) is 0 Å². The summed E-state index contributed by atoms with van der Waals surface area (Å²) in [5.74, 6) is 0. The van der Waals surface area contributed by atoms with E-state index in [1.807, 2.05) is 11.3 Å².